The fraction of sp³-hybridized carbons (Fsp3) is 0.833. The molecular weight excluding hydrogens is 208 g/mol. The summed E-state index contributed by atoms with van der Waals surface area (Å²) in [5.41, 5.74) is -2.13. The fourth-order valence-electron chi connectivity index (χ4n) is 3.36. The molecule has 2 aliphatic rings. The standard InChI is InChI=1S/C12H18O4/c1-10(2)11(3)6-5-7-12(11,8(13)15-4)9(14)16-10/h5-7H2,1-4H3/t11-,12-/m0/s1. The molecule has 1 saturated carbocycles. The number of hydrogen-bond acceptors (Lipinski definition) is 4. The van der Waals surface area contributed by atoms with Crippen LogP contribution in [-0.4, -0.2) is 24.6 Å². The second-order valence-electron chi connectivity index (χ2n) is 5.48. The highest BCUT2D eigenvalue weighted by Gasteiger charge is 2.74. The van der Waals surface area contributed by atoms with Crippen molar-refractivity contribution in [3.8, 4) is 0 Å². The van der Waals surface area contributed by atoms with Gasteiger partial charge in [-0.15, -0.1) is 0 Å². The van der Waals surface area contributed by atoms with Crippen LogP contribution in [-0.2, 0) is 19.1 Å². The first-order chi connectivity index (χ1) is 7.32. The summed E-state index contributed by atoms with van der Waals surface area (Å²) in [7, 11) is 1.33. The molecule has 1 aliphatic heterocycles. The van der Waals surface area contributed by atoms with E-state index in [0.29, 0.717) is 6.42 Å². The predicted molar refractivity (Wildman–Crippen MR) is 56.6 cm³/mol. The highest BCUT2D eigenvalue weighted by atomic mass is 16.6. The van der Waals surface area contributed by atoms with E-state index in [1.54, 1.807) is 0 Å². The van der Waals surface area contributed by atoms with Crippen molar-refractivity contribution in [3.05, 3.63) is 0 Å². The number of rotatable bonds is 1. The normalized spacial score (nSPS) is 40.4. The van der Waals surface area contributed by atoms with Crippen molar-refractivity contribution in [2.45, 2.75) is 45.6 Å². The summed E-state index contributed by atoms with van der Waals surface area (Å²) in [6, 6.07) is 0. The molecule has 0 spiro atoms. The van der Waals surface area contributed by atoms with Crippen molar-refractivity contribution in [2.75, 3.05) is 7.11 Å². The Morgan fingerprint density at radius 1 is 1.31 bits per heavy atom. The molecule has 90 valence electrons. The van der Waals surface area contributed by atoms with Crippen molar-refractivity contribution in [1.29, 1.82) is 0 Å². The SMILES string of the molecule is COC(=O)[C@]12CCC[C@@]1(C)C(C)(C)OC2=O. The highest BCUT2D eigenvalue weighted by Crippen LogP contribution is 2.64. The van der Waals surface area contributed by atoms with Gasteiger partial charge in [0.05, 0.1) is 7.11 Å². The van der Waals surface area contributed by atoms with E-state index < -0.39 is 28.4 Å². The molecule has 0 aromatic rings. The van der Waals surface area contributed by atoms with Crippen LogP contribution in [0.4, 0.5) is 0 Å². The van der Waals surface area contributed by atoms with Gasteiger partial charge in [-0.3, -0.25) is 9.59 Å². The van der Waals surface area contributed by atoms with E-state index in [9.17, 15) is 9.59 Å². The number of esters is 2. The molecule has 1 heterocycles. The monoisotopic (exact) mass is 226 g/mol. The number of hydrogen-bond donors (Lipinski definition) is 0. The molecular formula is C12H18O4. The Kier molecular flexibility index (Phi) is 2.14. The Morgan fingerprint density at radius 2 is 1.94 bits per heavy atom. The maximum Gasteiger partial charge on any atom is 0.324 e. The van der Waals surface area contributed by atoms with Gasteiger partial charge in [0.2, 0.25) is 0 Å². The molecule has 1 saturated heterocycles. The third-order valence-corrected chi connectivity index (χ3v) is 4.73. The Labute approximate surface area is 95.3 Å². The van der Waals surface area contributed by atoms with E-state index in [1.165, 1.54) is 7.11 Å². The number of fused-ring (bicyclic) bond motifs is 1. The van der Waals surface area contributed by atoms with Gasteiger partial charge >= 0.3 is 11.9 Å². The van der Waals surface area contributed by atoms with Crippen molar-refractivity contribution in [3.63, 3.8) is 0 Å². The smallest absolute Gasteiger partial charge is 0.324 e. The minimum absolute atomic E-state index is 0.413. The zero-order valence-electron chi connectivity index (χ0n) is 10.3. The maximum atomic E-state index is 12.1. The van der Waals surface area contributed by atoms with Crippen LogP contribution >= 0.6 is 0 Å². The van der Waals surface area contributed by atoms with E-state index in [0.717, 1.165) is 12.8 Å². The molecule has 0 radical (unpaired) electrons. The second kappa shape index (κ2) is 2.99. The second-order valence-corrected chi connectivity index (χ2v) is 5.48. The van der Waals surface area contributed by atoms with E-state index in [1.807, 2.05) is 20.8 Å². The largest absolute Gasteiger partial charge is 0.468 e. The van der Waals surface area contributed by atoms with Gasteiger partial charge in [-0.05, 0) is 26.7 Å². The molecule has 16 heavy (non-hydrogen) atoms. The van der Waals surface area contributed by atoms with Crippen LogP contribution < -0.4 is 0 Å². The molecule has 4 nitrogen and oxygen atoms in total. The van der Waals surface area contributed by atoms with Crippen LogP contribution in [0.3, 0.4) is 0 Å². The minimum Gasteiger partial charge on any atom is -0.468 e. The average Bonchev–Trinajstić information content (AvgIpc) is 2.62. The van der Waals surface area contributed by atoms with E-state index >= 15 is 0 Å². The molecule has 0 amide bonds. The highest BCUT2D eigenvalue weighted by molar-refractivity contribution is 6.03. The number of cyclic esters (lactones) is 1. The molecule has 4 heteroatoms. The molecule has 1 aliphatic carbocycles. The first-order valence-electron chi connectivity index (χ1n) is 5.64. The zero-order valence-corrected chi connectivity index (χ0v) is 10.3. The van der Waals surface area contributed by atoms with Crippen molar-refractivity contribution in [2.24, 2.45) is 10.8 Å². The first-order valence-corrected chi connectivity index (χ1v) is 5.64. The minimum atomic E-state index is -1.08. The summed E-state index contributed by atoms with van der Waals surface area (Å²) in [5.74, 6) is -0.854. The van der Waals surface area contributed by atoms with Crippen LogP contribution in [0.15, 0.2) is 0 Å². The Bertz CT molecular complexity index is 360. The zero-order chi connectivity index (χ0) is 12.2. The number of ether oxygens (including phenoxy) is 2. The topological polar surface area (TPSA) is 52.6 Å². The van der Waals surface area contributed by atoms with Gasteiger partial charge in [-0.1, -0.05) is 13.3 Å². The lowest BCUT2D eigenvalue weighted by Gasteiger charge is -2.38. The van der Waals surface area contributed by atoms with Gasteiger partial charge < -0.3 is 9.47 Å². The van der Waals surface area contributed by atoms with Gasteiger partial charge in [-0.25, -0.2) is 0 Å². The average molecular weight is 226 g/mol. The molecule has 2 atom stereocenters. The lowest BCUT2D eigenvalue weighted by molar-refractivity contribution is -0.165. The quantitative estimate of drug-likeness (QED) is 0.504. The van der Waals surface area contributed by atoms with E-state index in [-0.39, 0.29) is 0 Å². The molecule has 0 N–H and O–H groups in total. The van der Waals surface area contributed by atoms with E-state index in [2.05, 4.69) is 0 Å². The van der Waals surface area contributed by atoms with Crippen LogP contribution in [0.5, 0.6) is 0 Å². The van der Waals surface area contributed by atoms with Gasteiger partial charge in [-0.2, -0.15) is 0 Å². The Balaban J connectivity index is 2.58. The molecule has 2 fully saturated rings. The third kappa shape index (κ3) is 0.955. The number of carbonyl (C=O) groups excluding carboxylic acids is 2. The van der Waals surface area contributed by atoms with Crippen LogP contribution in [0.25, 0.3) is 0 Å². The Morgan fingerprint density at radius 3 is 2.50 bits per heavy atom. The number of methoxy groups -OCH3 is 1. The molecule has 0 aromatic carbocycles. The van der Waals surface area contributed by atoms with Crippen LogP contribution in [0.1, 0.15) is 40.0 Å². The van der Waals surface area contributed by atoms with Gasteiger partial charge in [0.1, 0.15) is 5.60 Å². The number of carbonyl (C=O) groups is 2. The van der Waals surface area contributed by atoms with E-state index in [4.69, 9.17) is 9.47 Å². The van der Waals surface area contributed by atoms with Gasteiger partial charge in [0.15, 0.2) is 5.41 Å². The summed E-state index contributed by atoms with van der Waals surface area (Å²) in [4.78, 5) is 24.1. The molecule has 0 unspecified atom stereocenters. The fourth-order valence-corrected chi connectivity index (χ4v) is 3.36. The maximum absolute atomic E-state index is 12.1. The van der Waals surface area contributed by atoms with Crippen molar-refractivity contribution >= 4 is 11.9 Å². The van der Waals surface area contributed by atoms with Crippen molar-refractivity contribution in [1.82, 2.24) is 0 Å². The van der Waals surface area contributed by atoms with Gasteiger partial charge in [0.25, 0.3) is 0 Å². The van der Waals surface area contributed by atoms with Crippen LogP contribution in [0, 0.1) is 10.8 Å². The predicted octanol–water partition coefficient (Wildman–Crippen LogP) is 1.67. The summed E-state index contributed by atoms with van der Waals surface area (Å²) < 4.78 is 10.2. The molecule has 2 rings (SSSR count). The molecule has 0 aromatic heterocycles. The summed E-state index contributed by atoms with van der Waals surface area (Å²) >= 11 is 0. The Hall–Kier alpha value is -1.06. The first kappa shape index (κ1) is 11.4. The van der Waals surface area contributed by atoms with Gasteiger partial charge in [0, 0.05) is 5.41 Å². The summed E-state index contributed by atoms with van der Waals surface area (Å²) in [6.07, 6.45) is 2.23. The van der Waals surface area contributed by atoms with Crippen LogP contribution in [0.2, 0.25) is 0 Å². The summed E-state index contributed by atoms with van der Waals surface area (Å²) in [6.45, 7) is 5.71. The van der Waals surface area contributed by atoms with Crippen molar-refractivity contribution < 1.29 is 19.1 Å². The molecule has 0 bridgehead atoms. The lowest BCUT2D eigenvalue weighted by Crippen LogP contribution is -2.49. The lowest BCUT2D eigenvalue weighted by atomic mass is 9.61. The summed E-state index contributed by atoms with van der Waals surface area (Å²) in [5, 5.41) is 0. The third-order valence-electron chi connectivity index (χ3n) is 4.73.